The molecule has 0 aromatic heterocycles. The molecule has 7 heteroatoms. The molecule has 0 saturated carbocycles. The summed E-state index contributed by atoms with van der Waals surface area (Å²) in [4.78, 5) is 16.6. The summed E-state index contributed by atoms with van der Waals surface area (Å²) in [5.41, 5.74) is 2.23. The van der Waals surface area contributed by atoms with Crippen molar-refractivity contribution in [3.8, 4) is 17.2 Å². The van der Waals surface area contributed by atoms with E-state index in [4.69, 9.17) is 25.8 Å². The van der Waals surface area contributed by atoms with Crippen molar-refractivity contribution in [3.05, 3.63) is 52.5 Å². The van der Waals surface area contributed by atoms with Crippen molar-refractivity contribution in [1.82, 2.24) is 9.80 Å². The number of amides is 1. The second-order valence-corrected chi connectivity index (χ2v) is 7.47. The molecule has 1 saturated heterocycles. The Morgan fingerprint density at radius 1 is 1.07 bits per heavy atom. The molecule has 28 heavy (non-hydrogen) atoms. The van der Waals surface area contributed by atoms with Crippen LogP contribution in [0.2, 0.25) is 5.02 Å². The molecule has 0 spiro atoms. The predicted molar refractivity (Wildman–Crippen MR) is 106 cm³/mol. The van der Waals surface area contributed by atoms with Gasteiger partial charge in [-0.15, -0.1) is 0 Å². The molecule has 2 aliphatic heterocycles. The number of halogens is 1. The summed E-state index contributed by atoms with van der Waals surface area (Å²) in [6.07, 6.45) is 0. The average Bonchev–Trinajstić information content (AvgIpc) is 3.17. The zero-order valence-electron chi connectivity index (χ0n) is 15.8. The molecule has 6 nitrogen and oxygen atoms in total. The number of carbonyl (C=O) groups excluding carboxylic acids is 1. The Bertz CT molecular complexity index is 865. The normalized spacial score (nSPS) is 16.3. The zero-order chi connectivity index (χ0) is 19.5. The number of carbonyl (C=O) groups is 1. The smallest absolute Gasteiger partial charge is 0.260 e. The molecule has 0 N–H and O–H groups in total. The number of piperazine rings is 1. The third kappa shape index (κ3) is 4.34. The van der Waals surface area contributed by atoms with Crippen molar-refractivity contribution in [1.29, 1.82) is 0 Å². The molecule has 2 aromatic rings. The molecule has 0 unspecified atom stereocenters. The van der Waals surface area contributed by atoms with Crippen LogP contribution in [0.25, 0.3) is 0 Å². The zero-order valence-corrected chi connectivity index (χ0v) is 16.6. The fraction of sp³-hybridized carbons (Fsp3) is 0.381. The van der Waals surface area contributed by atoms with Gasteiger partial charge in [0, 0.05) is 32.7 Å². The summed E-state index contributed by atoms with van der Waals surface area (Å²) < 4.78 is 16.4. The molecule has 0 aliphatic carbocycles. The van der Waals surface area contributed by atoms with Crippen molar-refractivity contribution >= 4 is 17.5 Å². The quantitative estimate of drug-likeness (QED) is 0.769. The number of hydrogen-bond donors (Lipinski definition) is 0. The van der Waals surface area contributed by atoms with Crippen molar-refractivity contribution in [2.75, 3.05) is 39.6 Å². The first-order valence-electron chi connectivity index (χ1n) is 9.36. The molecular weight excluding hydrogens is 380 g/mol. The van der Waals surface area contributed by atoms with E-state index in [2.05, 4.69) is 11.0 Å². The molecule has 2 heterocycles. The SMILES string of the molecule is Cc1ccc(Cl)c(OCC(=O)N2CCN(Cc3ccc4c(c3)OCO4)CC2)c1. The number of nitrogens with zero attached hydrogens (tertiary/aromatic N) is 2. The van der Waals surface area contributed by atoms with E-state index in [-0.39, 0.29) is 19.3 Å². The van der Waals surface area contributed by atoms with Gasteiger partial charge in [0.15, 0.2) is 18.1 Å². The summed E-state index contributed by atoms with van der Waals surface area (Å²) in [5.74, 6) is 2.14. The molecule has 0 bridgehead atoms. The molecule has 148 valence electrons. The van der Waals surface area contributed by atoms with Gasteiger partial charge in [-0.3, -0.25) is 9.69 Å². The van der Waals surface area contributed by atoms with Gasteiger partial charge in [-0.25, -0.2) is 0 Å². The monoisotopic (exact) mass is 402 g/mol. The van der Waals surface area contributed by atoms with Crippen LogP contribution in [0, 0.1) is 6.92 Å². The van der Waals surface area contributed by atoms with E-state index in [0.717, 1.165) is 36.7 Å². The minimum atomic E-state index is -0.0136. The number of fused-ring (bicyclic) bond motifs is 1. The maximum atomic E-state index is 12.5. The van der Waals surface area contributed by atoms with Crippen molar-refractivity contribution < 1.29 is 19.0 Å². The minimum Gasteiger partial charge on any atom is -0.482 e. The summed E-state index contributed by atoms with van der Waals surface area (Å²) in [7, 11) is 0. The van der Waals surface area contributed by atoms with Gasteiger partial charge >= 0.3 is 0 Å². The Labute approximate surface area is 169 Å². The Balaban J connectivity index is 1.25. The van der Waals surface area contributed by atoms with E-state index in [0.29, 0.717) is 23.9 Å². The highest BCUT2D eigenvalue weighted by molar-refractivity contribution is 6.32. The highest BCUT2D eigenvalue weighted by Crippen LogP contribution is 2.33. The maximum Gasteiger partial charge on any atom is 0.260 e. The molecule has 1 amide bonds. The number of rotatable bonds is 5. The lowest BCUT2D eigenvalue weighted by Crippen LogP contribution is -2.49. The molecule has 0 atom stereocenters. The first kappa shape index (κ1) is 18.9. The molecule has 0 radical (unpaired) electrons. The van der Waals surface area contributed by atoms with E-state index < -0.39 is 0 Å². The van der Waals surface area contributed by atoms with Crippen LogP contribution >= 0.6 is 11.6 Å². The fourth-order valence-corrected chi connectivity index (χ4v) is 3.58. The van der Waals surface area contributed by atoms with Crippen LogP contribution in [0.5, 0.6) is 17.2 Å². The van der Waals surface area contributed by atoms with E-state index >= 15 is 0 Å². The minimum absolute atomic E-state index is 0.00529. The topological polar surface area (TPSA) is 51.2 Å². The number of benzene rings is 2. The second-order valence-electron chi connectivity index (χ2n) is 7.07. The number of hydrogen-bond acceptors (Lipinski definition) is 5. The maximum absolute atomic E-state index is 12.5. The Hall–Kier alpha value is -2.44. The van der Waals surface area contributed by atoms with E-state index in [9.17, 15) is 4.79 Å². The van der Waals surface area contributed by atoms with Crippen LogP contribution < -0.4 is 14.2 Å². The van der Waals surface area contributed by atoms with Gasteiger partial charge in [0.05, 0.1) is 5.02 Å². The lowest BCUT2D eigenvalue weighted by atomic mass is 10.1. The molecule has 2 aliphatic rings. The third-order valence-corrected chi connectivity index (χ3v) is 5.32. The van der Waals surface area contributed by atoms with Crippen molar-refractivity contribution in [2.24, 2.45) is 0 Å². The standard InChI is InChI=1S/C21H23ClN2O4/c1-15-2-4-17(22)19(10-15)26-13-21(25)24-8-6-23(7-9-24)12-16-3-5-18-20(11-16)28-14-27-18/h2-5,10-11H,6-9,12-14H2,1H3. The lowest BCUT2D eigenvalue weighted by molar-refractivity contribution is -0.135. The molecule has 2 aromatic carbocycles. The van der Waals surface area contributed by atoms with Gasteiger partial charge in [0.25, 0.3) is 5.91 Å². The highest BCUT2D eigenvalue weighted by Gasteiger charge is 2.22. The largest absolute Gasteiger partial charge is 0.482 e. The summed E-state index contributed by atoms with van der Waals surface area (Å²) in [6.45, 7) is 6.11. The predicted octanol–water partition coefficient (Wildman–Crippen LogP) is 3.10. The fourth-order valence-electron chi connectivity index (χ4n) is 3.40. The Morgan fingerprint density at radius 2 is 1.86 bits per heavy atom. The van der Waals surface area contributed by atoms with Gasteiger partial charge < -0.3 is 19.1 Å². The van der Waals surface area contributed by atoms with Gasteiger partial charge in [0.2, 0.25) is 6.79 Å². The van der Waals surface area contributed by atoms with Crippen LogP contribution in [0.1, 0.15) is 11.1 Å². The molecule has 1 fully saturated rings. The van der Waals surface area contributed by atoms with Crippen molar-refractivity contribution in [3.63, 3.8) is 0 Å². The highest BCUT2D eigenvalue weighted by atomic mass is 35.5. The summed E-state index contributed by atoms with van der Waals surface area (Å²) >= 11 is 6.12. The summed E-state index contributed by atoms with van der Waals surface area (Å²) in [6, 6.07) is 11.6. The van der Waals surface area contributed by atoms with Crippen molar-refractivity contribution in [2.45, 2.75) is 13.5 Å². The summed E-state index contributed by atoms with van der Waals surface area (Å²) in [5, 5.41) is 0.520. The van der Waals surface area contributed by atoms with E-state index in [1.165, 1.54) is 5.56 Å². The van der Waals surface area contributed by atoms with Crippen LogP contribution in [0.4, 0.5) is 0 Å². The van der Waals surface area contributed by atoms with E-state index in [1.807, 2.05) is 36.1 Å². The van der Waals surface area contributed by atoms with Gasteiger partial charge in [-0.1, -0.05) is 23.7 Å². The number of ether oxygens (including phenoxy) is 3. The van der Waals surface area contributed by atoms with Gasteiger partial charge in [0.1, 0.15) is 5.75 Å². The van der Waals surface area contributed by atoms with Crippen LogP contribution in [0.3, 0.4) is 0 Å². The van der Waals surface area contributed by atoms with Gasteiger partial charge in [-0.2, -0.15) is 0 Å². The average molecular weight is 403 g/mol. The molecular formula is C21H23ClN2O4. The second kappa shape index (κ2) is 8.29. The van der Waals surface area contributed by atoms with Gasteiger partial charge in [-0.05, 0) is 42.3 Å². The van der Waals surface area contributed by atoms with Crippen LogP contribution in [-0.4, -0.2) is 55.3 Å². The number of aryl methyl sites for hydroxylation is 1. The van der Waals surface area contributed by atoms with E-state index in [1.54, 1.807) is 6.07 Å². The lowest BCUT2D eigenvalue weighted by Gasteiger charge is -2.34. The Morgan fingerprint density at radius 3 is 2.68 bits per heavy atom. The first-order chi connectivity index (χ1) is 13.6. The van der Waals surface area contributed by atoms with Crippen LogP contribution in [0.15, 0.2) is 36.4 Å². The third-order valence-electron chi connectivity index (χ3n) is 5.01. The Kier molecular flexibility index (Phi) is 5.59. The molecule has 4 rings (SSSR count). The first-order valence-corrected chi connectivity index (χ1v) is 9.74. The van der Waals surface area contributed by atoms with Crippen LogP contribution in [-0.2, 0) is 11.3 Å².